The summed E-state index contributed by atoms with van der Waals surface area (Å²) in [6, 6.07) is 20.8. The number of nitrogens with zero attached hydrogens (tertiary/aromatic N) is 2. The van der Waals surface area contributed by atoms with Crippen molar-refractivity contribution >= 4 is 43.5 Å². The number of anilines is 1. The van der Waals surface area contributed by atoms with Crippen LogP contribution in [0.4, 0.5) is 5.69 Å². The molecule has 1 aliphatic heterocycles. The Morgan fingerprint density at radius 3 is 2.34 bits per heavy atom. The summed E-state index contributed by atoms with van der Waals surface area (Å²) < 4.78 is 39.4. The van der Waals surface area contributed by atoms with Gasteiger partial charge >= 0.3 is 0 Å². The van der Waals surface area contributed by atoms with E-state index in [1.54, 1.807) is 18.2 Å². The minimum atomic E-state index is -3.87. The second kappa shape index (κ2) is 13.9. The predicted octanol–water partition coefficient (Wildman–Crippen LogP) is 4.50. The molecule has 9 nitrogen and oxygen atoms in total. The van der Waals surface area contributed by atoms with E-state index in [0.717, 1.165) is 26.3 Å². The SMILES string of the molecule is CCCNC(=O)[C@@H](Cc1ccccc1)N(Cc1ccc(Br)cc1)C(=O)CN(c1ccc2c(c1)OCO2)S(=O)(=O)CC. The quantitative estimate of drug-likeness (QED) is 0.294. The molecule has 1 atom stereocenters. The highest BCUT2D eigenvalue weighted by Crippen LogP contribution is 2.36. The predicted molar refractivity (Wildman–Crippen MR) is 161 cm³/mol. The van der Waals surface area contributed by atoms with Gasteiger partial charge in [-0.3, -0.25) is 13.9 Å². The van der Waals surface area contributed by atoms with Crippen molar-refractivity contribution in [2.45, 2.75) is 39.3 Å². The molecule has 0 unspecified atom stereocenters. The van der Waals surface area contributed by atoms with E-state index >= 15 is 0 Å². The number of hydrogen-bond acceptors (Lipinski definition) is 6. The molecule has 2 amide bonds. The summed E-state index contributed by atoms with van der Waals surface area (Å²) in [6.07, 6.45) is 1.00. The zero-order valence-corrected chi connectivity index (χ0v) is 25.5. The van der Waals surface area contributed by atoms with Crippen molar-refractivity contribution in [1.82, 2.24) is 10.2 Å². The first-order valence-electron chi connectivity index (χ1n) is 13.5. The molecule has 0 fully saturated rings. The molecule has 0 radical (unpaired) electrons. The molecule has 0 aromatic heterocycles. The molecule has 41 heavy (non-hydrogen) atoms. The summed E-state index contributed by atoms with van der Waals surface area (Å²) in [5, 5.41) is 2.93. The van der Waals surface area contributed by atoms with Crippen LogP contribution in [0, 0.1) is 0 Å². The number of ether oxygens (including phenoxy) is 2. The molecule has 0 spiro atoms. The van der Waals surface area contributed by atoms with Crippen LogP contribution in [0.5, 0.6) is 11.5 Å². The fraction of sp³-hybridized carbons (Fsp3) is 0.333. The smallest absolute Gasteiger partial charge is 0.244 e. The summed E-state index contributed by atoms with van der Waals surface area (Å²) in [4.78, 5) is 29.2. The van der Waals surface area contributed by atoms with E-state index in [2.05, 4.69) is 21.2 Å². The van der Waals surface area contributed by atoms with Crippen LogP contribution in [-0.2, 0) is 32.6 Å². The number of carbonyl (C=O) groups is 2. The van der Waals surface area contributed by atoms with E-state index in [1.807, 2.05) is 61.5 Å². The molecule has 218 valence electrons. The molecule has 3 aromatic rings. The third-order valence-corrected chi connectivity index (χ3v) is 8.98. The fourth-order valence-corrected chi connectivity index (χ4v) is 5.78. The fourth-order valence-electron chi connectivity index (χ4n) is 4.47. The zero-order valence-electron chi connectivity index (χ0n) is 23.1. The van der Waals surface area contributed by atoms with Gasteiger partial charge in [-0.25, -0.2) is 8.42 Å². The lowest BCUT2D eigenvalue weighted by Gasteiger charge is -2.33. The zero-order chi connectivity index (χ0) is 29.4. The molecule has 1 heterocycles. The molecule has 3 aromatic carbocycles. The summed E-state index contributed by atoms with van der Waals surface area (Å²) in [5.74, 6) is -0.115. The highest BCUT2D eigenvalue weighted by Gasteiger charge is 2.34. The summed E-state index contributed by atoms with van der Waals surface area (Å²) in [6.45, 7) is 3.60. The highest BCUT2D eigenvalue weighted by atomic mass is 79.9. The number of nitrogens with one attached hydrogen (secondary N) is 1. The van der Waals surface area contributed by atoms with Gasteiger partial charge in [-0.15, -0.1) is 0 Å². The first-order valence-corrected chi connectivity index (χ1v) is 15.9. The topological polar surface area (TPSA) is 105 Å². The van der Waals surface area contributed by atoms with Crippen molar-refractivity contribution < 1.29 is 27.5 Å². The van der Waals surface area contributed by atoms with Gasteiger partial charge in [0, 0.05) is 30.0 Å². The summed E-state index contributed by atoms with van der Waals surface area (Å²) in [5.41, 5.74) is 1.96. The van der Waals surface area contributed by atoms with Crippen LogP contribution in [0.25, 0.3) is 0 Å². The van der Waals surface area contributed by atoms with Crippen LogP contribution in [0.3, 0.4) is 0 Å². The normalized spacial score (nSPS) is 13.0. The number of fused-ring (bicyclic) bond motifs is 1. The van der Waals surface area contributed by atoms with Crippen LogP contribution in [0.1, 0.15) is 31.4 Å². The Hall–Kier alpha value is -3.57. The number of carbonyl (C=O) groups excluding carboxylic acids is 2. The largest absolute Gasteiger partial charge is 0.454 e. The monoisotopic (exact) mass is 643 g/mol. The van der Waals surface area contributed by atoms with Gasteiger partial charge < -0.3 is 19.7 Å². The highest BCUT2D eigenvalue weighted by molar-refractivity contribution is 9.10. The van der Waals surface area contributed by atoms with Crippen LogP contribution >= 0.6 is 15.9 Å². The Kier molecular flexibility index (Phi) is 10.3. The Morgan fingerprint density at radius 1 is 0.951 bits per heavy atom. The molecule has 0 aliphatic carbocycles. The van der Waals surface area contributed by atoms with Crippen molar-refractivity contribution in [2.24, 2.45) is 0 Å². The molecule has 0 saturated heterocycles. The molecule has 4 rings (SSSR count). The van der Waals surface area contributed by atoms with Gasteiger partial charge in [0.25, 0.3) is 0 Å². The maximum Gasteiger partial charge on any atom is 0.244 e. The maximum absolute atomic E-state index is 14.2. The van der Waals surface area contributed by atoms with Crippen molar-refractivity contribution in [2.75, 3.05) is 29.9 Å². The van der Waals surface area contributed by atoms with Crippen LogP contribution < -0.4 is 19.1 Å². The number of hydrogen-bond donors (Lipinski definition) is 1. The van der Waals surface area contributed by atoms with Crippen LogP contribution in [0.15, 0.2) is 77.3 Å². The summed E-state index contributed by atoms with van der Waals surface area (Å²) >= 11 is 3.44. The van der Waals surface area contributed by atoms with Crippen molar-refractivity contribution in [3.63, 3.8) is 0 Å². The minimum Gasteiger partial charge on any atom is -0.454 e. The third kappa shape index (κ3) is 7.80. The molecular weight excluding hydrogens is 610 g/mol. The van der Waals surface area contributed by atoms with E-state index in [0.29, 0.717) is 18.0 Å². The van der Waals surface area contributed by atoms with Crippen molar-refractivity contribution in [1.29, 1.82) is 0 Å². The first-order chi connectivity index (χ1) is 19.7. The molecule has 11 heteroatoms. The van der Waals surface area contributed by atoms with Gasteiger partial charge in [0.15, 0.2) is 11.5 Å². The molecule has 0 bridgehead atoms. The first kappa shape index (κ1) is 30.4. The Morgan fingerprint density at radius 2 is 1.66 bits per heavy atom. The lowest BCUT2D eigenvalue weighted by atomic mass is 10.0. The van der Waals surface area contributed by atoms with Crippen molar-refractivity contribution in [3.8, 4) is 11.5 Å². The minimum absolute atomic E-state index is 0.0350. The van der Waals surface area contributed by atoms with E-state index in [4.69, 9.17) is 9.47 Å². The Balaban J connectivity index is 1.73. The number of halogens is 1. The number of rotatable bonds is 13. The van der Waals surface area contributed by atoms with Gasteiger partial charge in [0.05, 0.1) is 11.4 Å². The second-order valence-corrected chi connectivity index (χ2v) is 12.7. The third-order valence-electron chi connectivity index (χ3n) is 6.71. The van der Waals surface area contributed by atoms with E-state index in [-0.39, 0.29) is 37.1 Å². The number of amides is 2. The van der Waals surface area contributed by atoms with Gasteiger partial charge in [0.1, 0.15) is 12.6 Å². The van der Waals surface area contributed by atoms with Crippen molar-refractivity contribution in [3.05, 3.63) is 88.4 Å². The molecule has 1 aliphatic rings. The van der Waals surface area contributed by atoms with Gasteiger partial charge in [-0.1, -0.05) is 65.3 Å². The average Bonchev–Trinajstić information content (AvgIpc) is 3.46. The van der Waals surface area contributed by atoms with E-state index in [9.17, 15) is 18.0 Å². The Labute approximate surface area is 249 Å². The number of sulfonamides is 1. The van der Waals surface area contributed by atoms with Crippen LogP contribution in [0.2, 0.25) is 0 Å². The molecular formula is C30H34BrN3O6S. The summed E-state index contributed by atoms with van der Waals surface area (Å²) in [7, 11) is -3.87. The lowest BCUT2D eigenvalue weighted by molar-refractivity contribution is -0.140. The van der Waals surface area contributed by atoms with E-state index < -0.39 is 28.5 Å². The molecule has 0 saturated carbocycles. The van der Waals surface area contributed by atoms with Gasteiger partial charge in [0.2, 0.25) is 28.6 Å². The van der Waals surface area contributed by atoms with Gasteiger partial charge in [-0.05, 0) is 48.7 Å². The Bertz CT molecular complexity index is 1450. The average molecular weight is 645 g/mol. The van der Waals surface area contributed by atoms with E-state index in [1.165, 1.54) is 11.8 Å². The van der Waals surface area contributed by atoms with Crippen LogP contribution in [-0.4, -0.2) is 56.8 Å². The number of benzene rings is 3. The lowest BCUT2D eigenvalue weighted by Crippen LogP contribution is -2.53. The molecule has 1 N–H and O–H groups in total. The standard InChI is InChI=1S/C30H34BrN3O6S/c1-3-16-32-30(36)26(17-22-8-6-5-7-9-22)33(19-23-10-12-24(31)13-11-23)29(35)20-34(41(37,38)4-2)25-14-15-27-28(18-25)40-21-39-27/h5-15,18,26H,3-4,16-17,19-21H2,1-2H3,(H,32,36)/t26-/m1/s1. The van der Waals surface area contributed by atoms with Gasteiger partial charge in [-0.2, -0.15) is 0 Å². The second-order valence-electron chi connectivity index (χ2n) is 9.59. The maximum atomic E-state index is 14.2.